The molecule has 12 aromatic rings. The van der Waals surface area contributed by atoms with Crippen molar-refractivity contribution in [3.63, 3.8) is 0 Å². The smallest absolute Gasteiger partial charge is 0.0755 e. The average Bonchev–Trinajstić information content (AvgIpc) is 3.74. The molecule has 0 N–H and O–H groups in total. The molecule has 1 aliphatic carbocycles. The number of fused-ring (bicyclic) bond motifs is 16. The maximum absolute atomic E-state index is 2.59. The summed E-state index contributed by atoms with van der Waals surface area (Å²) in [5, 5.41) is 7.47. The van der Waals surface area contributed by atoms with Gasteiger partial charge in [-0.05, 0) is 176 Å². The van der Waals surface area contributed by atoms with Gasteiger partial charge in [0.25, 0.3) is 0 Å². The standard InChI is InChI=1S/C73H61N3/c1-46-21-31-52(32-22-46)74(54-35-27-50(28-36-54)71(3,4)5)56-39-42-66-60(43-56)61-44-57(75(53-33-23-47(2)24-34-53)55-37-29-51(30-38-55)72(6,7)8)45-65-70(61)76(66)67-20-14-13-19-62(67)73(65)63-40-25-48-15-9-11-17-58(48)68(63)69-59-18-12-10-16-49(59)26-41-64(69)73/h9-45H,1-8H3. The molecule has 3 heteroatoms. The lowest BCUT2D eigenvalue weighted by Crippen LogP contribution is -2.33. The summed E-state index contributed by atoms with van der Waals surface area (Å²) in [5.41, 5.74) is 22.6. The molecule has 0 saturated heterocycles. The van der Waals surface area contributed by atoms with Crippen molar-refractivity contribution >= 4 is 77.5 Å². The molecule has 1 aromatic heterocycles. The highest BCUT2D eigenvalue weighted by molar-refractivity contribution is 6.18. The number of hydrogen-bond acceptors (Lipinski definition) is 2. The van der Waals surface area contributed by atoms with E-state index in [0.717, 1.165) is 34.1 Å². The predicted octanol–water partition coefficient (Wildman–Crippen LogP) is 19.9. The van der Waals surface area contributed by atoms with Crippen molar-refractivity contribution in [1.29, 1.82) is 0 Å². The molecule has 0 saturated carbocycles. The third-order valence-electron chi connectivity index (χ3n) is 16.8. The Kier molecular flexibility index (Phi) is 10.1. The molecule has 0 radical (unpaired) electrons. The first-order valence-electron chi connectivity index (χ1n) is 27.0. The van der Waals surface area contributed by atoms with E-state index >= 15 is 0 Å². The zero-order chi connectivity index (χ0) is 51.8. The molecule has 1 spiro atoms. The predicted molar refractivity (Wildman–Crippen MR) is 323 cm³/mol. The minimum absolute atomic E-state index is 0.00823. The normalized spacial score (nSPS) is 13.4. The van der Waals surface area contributed by atoms with Crippen LogP contribution in [-0.2, 0) is 16.2 Å². The number of hydrogen-bond donors (Lipinski definition) is 0. The molecule has 368 valence electrons. The van der Waals surface area contributed by atoms with Gasteiger partial charge in [0.15, 0.2) is 0 Å². The lowest BCUT2D eigenvalue weighted by Gasteiger charge is -2.40. The van der Waals surface area contributed by atoms with Gasteiger partial charge < -0.3 is 14.4 Å². The Bertz CT molecular complexity index is 4210. The van der Waals surface area contributed by atoms with E-state index in [2.05, 4.69) is 294 Å². The fourth-order valence-corrected chi connectivity index (χ4v) is 13.0. The Hall–Kier alpha value is -8.66. The number of aryl methyl sites for hydroxylation is 2. The Morgan fingerprint density at radius 2 is 0.776 bits per heavy atom. The fraction of sp³-hybridized carbons (Fsp3) is 0.151. The zero-order valence-corrected chi connectivity index (χ0v) is 44.7. The van der Waals surface area contributed by atoms with E-state index in [9.17, 15) is 0 Å². The van der Waals surface area contributed by atoms with Gasteiger partial charge in [-0.2, -0.15) is 0 Å². The van der Waals surface area contributed by atoms with E-state index < -0.39 is 5.41 Å². The third-order valence-corrected chi connectivity index (χ3v) is 16.8. The Morgan fingerprint density at radius 1 is 0.342 bits per heavy atom. The van der Waals surface area contributed by atoms with Crippen molar-refractivity contribution in [2.24, 2.45) is 0 Å². The van der Waals surface area contributed by atoms with Crippen LogP contribution in [0.25, 0.3) is 60.2 Å². The molecule has 0 amide bonds. The van der Waals surface area contributed by atoms with E-state index in [1.807, 2.05) is 0 Å². The van der Waals surface area contributed by atoms with Crippen molar-refractivity contribution in [3.05, 3.63) is 269 Å². The molecule has 11 aromatic carbocycles. The van der Waals surface area contributed by atoms with Gasteiger partial charge in [-0.3, -0.25) is 0 Å². The molecule has 76 heavy (non-hydrogen) atoms. The van der Waals surface area contributed by atoms with Gasteiger partial charge in [0.2, 0.25) is 0 Å². The molecule has 14 rings (SSSR count). The molecule has 1 aliphatic heterocycles. The summed E-state index contributed by atoms with van der Waals surface area (Å²) in [7, 11) is 0. The van der Waals surface area contributed by atoms with E-state index in [4.69, 9.17) is 0 Å². The molecule has 0 fully saturated rings. The second-order valence-corrected chi connectivity index (χ2v) is 23.5. The van der Waals surface area contributed by atoms with Crippen LogP contribution in [0.1, 0.15) is 86.1 Å². The number of aromatic nitrogens is 1. The lowest BCUT2D eigenvalue weighted by molar-refractivity contribution is 0.590. The van der Waals surface area contributed by atoms with Gasteiger partial charge in [0.05, 0.1) is 22.1 Å². The summed E-state index contributed by atoms with van der Waals surface area (Å²) in [6, 6.07) is 85.7. The highest BCUT2D eigenvalue weighted by atomic mass is 15.2. The molecule has 0 atom stereocenters. The number of anilines is 6. The molecule has 2 heterocycles. The largest absolute Gasteiger partial charge is 0.310 e. The molecule has 0 unspecified atom stereocenters. The van der Waals surface area contributed by atoms with Crippen molar-refractivity contribution < 1.29 is 0 Å². The van der Waals surface area contributed by atoms with Crippen molar-refractivity contribution in [3.8, 4) is 16.8 Å². The zero-order valence-electron chi connectivity index (χ0n) is 44.7. The Morgan fingerprint density at radius 3 is 1.29 bits per heavy atom. The SMILES string of the molecule is Cc1ccc(N(c2ccc(C(C)(C)C)cc2)c2ccc3c(c2)c2cc(N(c4ccc(C)cc4)c4ccc(C(C)(C)C)cc4)cc4c2n3-c2ccccc2C42c3ccc4ccccc4c3-c3c2ccc2ccccc32)cc1. The minimum Gasteiger partial charge on any atom is -0.310 e. The Labute approximate surface area is 446 Å². The van der Waals surface area contributed by atoms with Crippen LogP contribution in [0.3, 0.4) is 0 Å². The molecule has 3 nitrogen and oxygen atoms in total. The van der Waals surface area contributed by atoms with Gasteiger partial charge in [-0.15, -0.1) is 0 Å². The number of rotatable bonds is 6. The molecule has 2 aliphatic rings. The van der Waals surface area contributed by atoms with Crippen LogP contribution >= 0.6 is 0 Å². The highest BCUT2D eigenvalue weighted by Gasteiger charge is 2.52. The molecule has 0 bridgehead atoms. The Balaban J connectivity index is 1.14. The average molecular weight is 980 g/mol. The quantitative estimate of drug-likeness (QED) is 0.164. The fourth-order valence-electron chi connectivity index (χ4n) is 13.0. The van der Waals surface area contributed by atoms with E-state index in [1.165, 1.54) is 105 Å². The van der Waals surface area contributed by atoms with Crippen LogP contribution in [0.2, 0.25) is 0 Å². The first-order valence-corrected chi connectivity index (χ1v) is 27.0. The monoisotopic (exact) mass is 979 g/mol. The van der Waals surface area contributed by atoms with Crippen LogP contribution in [0.5, 0.6) is 0 Å². The van der Waals surface area contributed by atoms with Crippen LogP contribution in [0.4, 0.5) is 34.1 Å². The maximum atomic E-state index is 2.59. The summed E-state index contributed by atoms with van der Waals surface area (Å²) < 4.78 is 2.59. The summed E-state index contributed by atoms with van der Waals surface area (Å²) in [5.74, 6) is 0. The summed E-state index contributed by atoms with van der Waals surface area (Å²) >= 11 is 0. The summed E-state index contributed by atoms with van der Waals surface area (Å²) in [6.07, 6.45) is 0. The first-order chi connectivity index (χ1) is 36.8. The second kappa shape index (κ2) is 16.7. The van der Waals surface area contributed by atoms with E-state index in [1.54, 1.807) is 0 Å². The molecular formula is C73H61N3. The van der Waals surface area contributed by atoms with E-state index in [0.29, 0.717) is 0 Å². The third kappa shape index (κ3) is 6.81. The minimum atomic E-state index is -0.686. The van der Waals surface area contributed by atoms with Gasteiger partial charge in [0, 0.05) is 44.9 Å². The van der Waals surface area contributed by atoms with Gasteiger partial charge in [-0.1, -0.05) is 192 Å². The summed E-state index contributed by atoms with van der Waals surface area (Å²) in [6.45, 7) is 18.1. The highest BCUT2D eigenvalue weighted by Crippen LogP contribution is 2.64. The van der Waals surface area contributed by atoms with Crippen LogP contribution in [-0.4, -0.2) is 4.57 Å². The maximum Gasteiger partial charge on any atom is 0.0755 e. The lowest BCUT2D eigenvalue weighted by atomic mass is 9.65. The number of benzene rings is 11. The van der Waals surface area contributed by atoms with Crippen LogP contribution in [0, 0.1) is 13.8 Å². The van der Waals surface area contributed by atoms with Crippen molar-refractivity contribution in [2.45, 2.75) is 71.6 Å². The van der Waals surface area contributed by atoms with Crippen molar-refractivity contribution in [2.75, 3.05) is 9.80 Å². The number of para-hydroxylation sites is 1. The van der Waals surface area contributed by atoms with Crippen LogP contribution in [0.15, 0.2) is 224 Å². The topological polar surface area (TPSA) is 11.4 Å². The molecular weight excluding hydrogens is 919 g/mol. The van der Waals surface area contributed by atoms with Gasteiger partial charge >= 0.3 is 0 Å². The van der Waals surface area contributed by atoms with Gasteiger partial charge in [0.1, 0.15) is 0 Å². The second-order valence-electron chi connectivity index (χ2n) is 23.5. The van der Waals surface area contributed by atoms with Crippen LogP contribution < -0.4 is 9.80 Å². The first kappa shape index (κ1) is 45.9. The van der Waals surface area contributed by atoms with Gasteiger partial charge in [-0.25, -0.2) is 0 Å². The summed E-state index contributed by atoms with van der Waals surface area (Å²) in [4.78, 5) is 4.93. The number of nitrogens with zero attached hydrogens (tertiary/aromatic N) is 3. The van der Waals surface area contributed by atoms with Crippen molar-refractivity contribution in [1.82, 2.24) is 4.57 Å². The van der Waals surface area contributed by atoms with E-state index in [-0.39, 0.29) is 10.8 Å².